The largest absolute Gasteiger partial charge is 0.418 e. The van der Waals surface area contributed by atoms with Crippen molar-refractivity contribution >= 4 is 16.5 Å². The van der Waals surface area contributed by atoms with Crippen molar-refractivity contribution in [2.75, 3.05) is 18.1 Å². The molecule has 0 radical (unpaired) electrons. The maximum absolute atomic E-state index is 12.6. The summed E-state index contributed by atoms with van der Waals surface area (Å²) in [6.45, 7) is 1.97. The molecule has 2 nitrogen and oxygen atoms in total. The second kappa shape index (κ2) is 5.53. The quantitative estimate of drug-likeness (QED) is 0.907. The molecule has 1 N–H and O–H groups in total. The van der Waals surface area contributed by atoms with E-state index in [0.29, 0.717) is 0 Å². The maximum atomic E-state index is 12.6. The van der Waals surface area contributed by atoms with Gasteiger partial charge in [-0.3, -0.25) is 4.21 Å². The Morgan fingerprint density at radius 2 is 1.94 bits per heavy atom. The van der Waals surface area contributed by atoms with Gasteiger partial charge in [-0.1, -0.05) is 12.1 Å². The lowest BCUT2D eigenvalue weighted by Crippen LogP contribution is -2.22. The van der Waals surface area contributed by atoms with Crippen molar-refractivity contribution in [1.82, 2.24) is 0 Å². The van der Waals surface area contributed by atoms with Crippen molar-refractivity contribution in [1.29, 1.82) is 0 Å². The van der Waals surface area contributed by atoms with Gasteiger partial charge in [0.1, 0.15) is 0 Å². The third-order valence-electron chi connectivity index (χ3n) is 2.38. The van der Waals surface area contributed by atoms with Gasteiger partial charge in [0.15, 0.2) is 0 Å². The molecule has 1 aromatic carbocycles. The van der Waals surface area contributed by atoms with Gasteiger partial charge in [0.25, 0.3) is 0 Å². The van der Waals surface area contributed by atoms with Gasteiger partial charge >= 0.3 is 6.18 Å². The van der Waals surface area contributed by atoms with E-state index in [1.54, 1.807) is 6.92 Å². The van der Waals surface area contributed by atoms with Crippen LogP contribution in [-0.4, -0.2) is 22.3 Å². The molecule has 1 rings (SSSR count). The number of para-hydroxylation sites is 1. The lowest BCUT2D eigenvalue weighted by atomic mass is 10.1. The number of hydrogen-bond acceptors (Lipinski definition) is 2. The summed E-state index contributed by atoms with van der Waals surface area (Å²) < 4.78 is 49.0. The predicted molar refractivity (Wildman–Crippen MR) is 63.5 cm³/mol. The molecule has 17 heavy (non-hydrogen) atoms. The summed E-state index contributed by atoms with van der Waals surface area (Å²) in [4.78, 5) is 0. The first-order valence-corrected chi connectivity index (χ1v) is 6.67. The molecule has 0 aliphatic heterocycles. The number of rotatable bonds is 4. The van der Waals surface area contributed by atoms with E-state index >= 15 is 0 Å². The van der Waals surface area contributed by atoms with Gasteiger partial charge in [0, 0.05) is 34.5 Å². The van der Waals surface area contributed by atoms with Gasteiger partial charge in [-0.25, -0.2) is 0 Å². The van der Waals surface area contributed by atoms with Crippen LogP contribution < -0.4 is 5.32 Å². The predicted octanol–water partition coefficient (Wildman–Crippen LogP) is 2.88. The smallest absolute Gasteiger partial charge is 0.383 e. The molecule has 0 fully saturated rings. The number of alkyl halides is 3. The molecule has 0 aliphatic rings. The Labute approximate surface area is 101 Å². The van der Waals surface area contributed by atoms with E-state index in [4.69, 9.17) is 0 Å². The minimum absolute atomic E-state index is 0.0253. The average Bonchev–Trinajstić information content (AvgIpc) is 2.24. The SMILES string of the molecule is CC(CNc1ccccc1C(F)(F)F)S(C)=O. The molecule has 0 saturated carbocycles. The summed E-state index contributed by atoms with van der Waals surface area (Å²) in [5.41, 5.74) is -0.675. The normalized spacial score (nSPS) is 15.4. The van der Waals surface area contributed by atoms with E-state index in [-0.39, 0.29) is 17.5 Å². The van der Waals surface area contributed by atoms with Gasteiger partial charge in [-0.2, -0.15) is 13.2 Å². The summed E-state index contributed by atoms with van der Waals surface area (Å²) >= 11 is 0. The van der Waals surface area contributed by atoms with E-state index in [1.807, 2.05) is 0 Å². The first kappa shape index (κ1) is 14.0. The lowest BCUT2D eigenvalue weighted by molar-refractivity contribution is -0.136. The molecule has 1 aromatic rings. The fraction of sp³-hybridized carbons (Fsp3) is 0.455. The monoisotopic (exact) mass is 265 g/mol. The molecule has 0 saturated heterocycles. The highest BCUT2D eigenvalue weighted by molar-refractivity contribution is 7.84. The van der Waals surface area contributed by atoms with E-state index in [2.05, 4.69) is 5.32 Å². The highest BCUT2D eigenvalue weighted by atomic mass is 32.2. The fourth-order valence-electron chi connectivity index (χ4n) is 1.26. The number of hydrogen-bond donors (Lipinski definition) is 1. The standard InChI is InChI=1S/C11H14F3NOS/c1-8(17(2)16)7-15-10-6-4-3-5-9(10)11(12,13)14/h3-6,8,15H,7H2,1-2H3. The molecular weight excluding hydrogens is 251 g/mol. The number of benzene rings is 1. The molecule has 0 aliphatic carbocycles. The van der Waals surface area contributed by atoms with Gasteiger partial charge < -0.3 is 5.32 Å². The summed E-state index contributed by atoms with van der Waals surface area (Å²) in [6, 6.07) is 5.27. The number of nitrogens with one attached hydrogen (secondary N) is 1. The Morgan fingerprint density at radius 3 is 2.47 bits per heavy atom. The van der Waals surface area contributed by atoms with Gasteiger partial charge in [-0.05, 0) is 19.1 Å². The van der Waals surface area contributed by atoms with E-state index < -0.39 is 22.5 Å². The van der Waals surface area contributed by atoms with Crippen molar-refractivity contribution in [2.24, 2.45) is 0 Å². The Hall–Kier alpha value is -1.04. The molecule has 6 heteroatoms. The molecule has 2 unspecified atom stereocenters. The van der Waals surface area contributed by atoms with Crippen LogP contribution in [0.5, 0.6) is 0 Å². The second-order valence-electron chi connectivity index (χ2n) is 3.73. The van der Waals surface area contributed by atoms with E-state index in [0.717, 1.165) is 6.07 Å². The summed E-state index contributed by atoms with van der Waals surface area (Å²) in [6.07, 6.45) is -2.85. The third kappa shape index (κ3) is 4.03. The Balaban J connectivity index is 2.81. The second-order valence-corrected chi connectivity index (χ2v) is 5.54. The van der Waals surface area contributed by atoms with Crippen LogP contribution in [-0.2, 0) is 17.0 Å². The van der Waals surface area contributed by atoms with Crippen LogP contribution in [0.2, 0.25) is 0 Å². The first-order chi connectivity index (χ1) is 7.82. The van der Waals surface area contributed by atoms with Crippen molar-refractivity contribution in [3.8, 4) is 0 Å². The zero-order valence-electron chi connectivity index (χ0n) is 9.54. The summed E-state index contributed by atoms with van der Waals surface area (Å²) in [7, 11) is -1.06. The fourth-order valence-corrected chi connectivity index (χ4v) is 1.57. The Bertz CT molecular complexity index is 406. The van der Waals surface area contributed by atoms with Crippen LogP contribution in [0.1, 0.15) is 12.5 Å². The van der Waals surface area contributed by atoms with E-state index in [1.165, 1.54) is 24.5 Å². The molecule has 96 valence electrons. The molecule has 0 bridgehead atoms. The van der Waals surface area contributed by atoms with Crippen LogP contribution in [0.3, 0.4) is 0 Å². The summed E-state index contributed by atoms with van der Waals surface area (Å²) in [5.74, 6) is 0. The zero-order chi connectivity index (χ0) is 13.1. The van der Waals surface area contributed by atoms with Crippen LogP contribution in [0.4, 0.5) is 18.9 Å². The maximum Gasteiger partial charge on any atom is 0.418 e. The van der Waals surface area contributed by atoms with Crippen molar-refractivity contribution < 1.29 is 17.4 Å². The number of anilines is 1. The average molecular weight is 265 g/mol. The van der Waals surface area contributed by atoms with Crippen LogP contribution in [0.25, 0.3) is 0 Å². The Kier molecular flexibility index (Phi) is 4.56. The molecule has 0 spiro atoms. The minimum Gasteiger partial charge on any atom is -0.383 e. The molecular formula is C11H14F3NOS. The lowest BCUT2D eigenvalue weighted by Gasteiger charge is -2.16. The van der Waals surface area contributed by atoms with Gasteiger partial charge in [0.2, 0.25) is 0 Å². The first-order valence-electron chi connectivity index (χ1n) is 5.04. The topological polar surface area (TPSA) is 29.1 Å². The zero-order valence-corrected chi connectivity index (χ0v) is 10.4. The van der Waals surface area contributed by atoms with Crippen molar-refractivity contribution in [3.63, 3.8) is 0 Å². The van der Waals surface area contributed by atoms with Gasteiger partial charge in [-0.15, -0.1) is 0 Å². The van der Waals surface area contributed by atoms with Crippen molar-refractivity contribution in [3.05, 3.63) is 29.8 Å². The minimum atomic E-state index is -4.38. The molecule has 0 amide bonds. The van der Waals surface area contributed by atoms with Crippen LogP contribution in [0, 0.1) is 0 Å². The number of halogens is 3. The molecule has 2 atom stereocenters. The van der Waals surface area contributed by atoms with Gasteiger partial charge in [0.05, 0.1) is 5.56 Å². The molecule has 0 aromatic heterocycles. The van der Waals surface area contributed by atoms with Crippen LogP contribution >= 0.6 is 0 Å². The highest BCUT2D eigenvalue weighted by Crippen LogP contribution is 2.34. The van der Waals surface area contributed by atoms with E-state index in [9.17, 15) is 17.4 Å². The van der Waals surface area contributed by atoms with Crippen molar-refractivity contribution in [2.45, 2.75) is 18.3 Å². The van der Waals surface area contributed by atoms with Crippen LogP contribution in [0.15, 0.2) is 24.3 Å². The Morgan fingerprint density at radius 1 is 1.35 bits per heavy atom. The third-order valence-corrected chi connectivity index (χ3v) is 3.68. The highest BCUT2D eigenvalue weighted by Gasteiger charge is 2.33. The summed E-state index contributed by atoms with van der Waals surface area (Å²) in [5, 5.41) is 2.49. The molecule has 0 heterocycles.